The number of nitrogens with one attached hydrogen (secondary N) is 1. The van der Waals surface area contributed by atoms with Gasteiger partial charge < -0.3 is 4.74 Å². The maximum Gasteiger partial charge on any atom is 0.311 e. The Bertz CT molecular complexity index is 1470. The fourth-order valence-electron chi connectivity index (χ4n) is 5.20. The van der Waals surface area contributed by atoms with E-state index in [4.69, 9.17) is 16.3 Å². The normalized spacial score (nSPS) is 24.6. The summed E-state index contributed by atoms with van der Waals surface area (Å²) in [5, 5.41) is 0.320. The summed E-state index contributed by atoms with van der Waals surface area (Å²) >= 11 is 5.94. The summed E-state index contributed by atoms with van der Waals surface area (Å²) in [6.07, 6.45) is -0.359. The molecule has 2 aromatic rings. The summed E-state index contributed by atoms with van der Waals surface area (Å²) in [5.41, 5.74) is -1.00. The summed E-state index contributed by atoms with van der Waals surface area (Å²) in [4.78, 5) is 12.1. The van der Waals surface area contributed by atoms with Gasteiger partial charge in [0.2, 0.25) is 0 Å². The van der Waals surface area contributed by atoms with Gasteiger partial charge >= 0.3 is 5.97 Å². The zero-order valence-corrected chi connectivity index (χ0v) is 24.9. The first-order valence-corrected chi connectivity index (χ1v) is 16.3. The van der Waals surface area contributed by atoms with Crippen molar-refractivity contribution in [3.63, 3.8) is 0 Å². The van der Waals surface area contributed by atoms with E-state index in [9.17, 15) is 26.0 Å². The first kappa shape index (κ1) is 30.8. The van der Waals surface area contributed by atoms with Crippen LogP contribution in [0.2, 0.25) is 5.02 Å². The first-order chi connectivity index (χ1) is 18.5. The first-order valence-electron chi connectivity index (χ1n) is 13.0. The molecule has 1 aliphatic heterocycles. The van der Waals surface area contributed by atoms with Gasteiger partial charge in [-0.2, -0.15) is 17.4 Å². The Balaban J connectivity index is 1.53. The summed E-state index contributed by atoms with van der Waals surface area (Å²) in [5.74, 6) is -2.05. The van der Waals surface area contributed by atoms with Crippen LogP contribution in [0.1, 0.15) is 58.4 Å². The van der Waals surface area contributed by atoms with Gasteiger partial charge in [-0.1, -0.05) is 11.6 Å². The monoisotopic (exact) mass is 618 g/mol. The molecule has 1 saturated carbocycles. The molecule has 8 nitrogen and oxygen atoms in total. The SMILES string of the molecule is CC(C)(C)C(=O)O[C@@H]1CCN(S(=O)(=O)NC2CCC(c3cc(F)ccc3F)(S(=O)(=O)c3ccc(Cl)cc3)CC2)C1. The third-order valence-electron chi connectivity index (χ3n) is 7.50. The van der Waals surface area contributed by atoms with Crippen LogP contribution in [0, 0.1) is 17.0 Å². The van der Waals surface area contributed by atoms with Crippen molar-refractivity contribution in [2.75, 3.05) is 13.1 Å². The van der Waals surface area contributed by atoms with E-state index in [2.05, 4.69) is 4.72 Å². The second-order valence-electron chi connectivity index (χ2n) is 11.4. The van der Waals surface area contributed by atoms with Gasteiger partial charge in [0.15, 0.2) is 9.84 Å². The second-order valence-corrected chi connectivity index (χ2v) is 15.8. The number of rotatable bonds is 7. The lowest BCUT2D eigenvalue weighted by Crippen LogP contribution is -2.49. The van der Waals surface area contributed by atoms with E-state index in [1.54, 1.807) is 20.8 Å². The zero-order valence-electron chi connectivity index (χ0n) is 22.5. The van der Waals surface area contributed by atoms with Gasteiger partial charge in [-0.05, 0) is 95.3 Å². The molecule has 4 rings (SSSR count). The van der Waals surface area contributed by atoms with Crippen LogP contribution < -0.4 is 4.72 Å². The predicted molar refractivity (Wildman–Crippen MR) is 147 cm³/mol. The number of ether oxygens (including phenoxy) is 1. The van der Waals surface area contributed by atoms with Crippen LogP contribution in [-0.4, -0.2) is 52.3 Å². The number of hydrogen-bond acceptors (Lipinski definition) is 6. The fraction of sp³-hybridized carbons (Fsp3) is 0.519. The van der Waals surface area contributed by atoms with Crippen LogP contribution in [0.15, 0.2) is 47.4 Å². The summed E-state index contributed by atoms with van der Waals surface area (Å²) in [6, 6.07) is 7.54. The minimum atomic E-state index is -4.25. The molecule has 0 amide bonds. The number of halogens is 3. The maximum absolute atomic E-state index is 15.1. The lowest BCUT2D eigenvalue weighted by Gasteiger charge is -2.40. The molecule has 220 valence electrons. The minimum Gasteiger partial charge on any atom is -0.461 e. The third kappa shape index (κ3) is 6.20. The molecule has 1 atom stereocenters. The quantitative estimate of drug-likeness (QED) is 0.450. The van der Waals surface area contributed by atoms with E-state index >= 15 is 4.39 Å². The van der Waals surface area contributed by atoms with Crippen molar-refractivity contribution in [2.24, 2.45) is 5.41 Å². The van der Waals surface area contributed by atoms with Gasteiger partial charge in [-0.25, -0.2) is 17.2 Å². The number of sulfone groups is 1. The van der Waals surface area contributed by atoms with Gasteiger partial charge in [0.1, 0.15) is 22.5 Å². The lowest BCUT2D eigenvalue weighted by molar-refractivity contribution is -0.157. The molecular formula is C27H33ClF2N2O6S2. The molecule has 2 aromatic carbocycles. The zero-order chi connectivity index (χ0) is 29.5. The van der Waals surface area contributed by atoms with Gasteiger partial charge in [-0.3, -0.25) is 4.79 Å². The molecule has 40 heavy (non-hydrogen) atoms. The highest BCUT2D eigenvalue weighted by atomic mass is 35.5. The van der Waals surface area contributed by atoms with E-state index in [1.807, 2.05) is 0 Å². The largest absolute Gasteiger partial charge is 0.461 e. The average Bonchev–Trinajstić information content (AvgIpc) is 3.35. The van der Waals surface area contributed by atoms with Gasteiger partial charge in [0, 0.05) is 23.2 Å². The van der Waals surface area contributed by atoms with Crippen LogP contribution in [0.3, 0.4) is 0 Å². The van der Waals surface area contributed by atoms with Gasteiger partial charge in [-0.15, -0.1) is 0 Å². The van der Waals surface area contributed by atoms with Crippen molar-refractivity contribution in [2.45, 2.75) is 74.7 Å². The van der Waals surface area contributed by atoms with E-state index in [-0.39, 0.29) is 49.2 Å². The Morgan fingerprint density at radius 2 is 1.65 bits per heavy atom. The molecule has 1 saturated heterocycles. The highest BCUT2D eigenvalue weighted by Gasteiger charge is 2.50. The van der Waals surface area contributed by atoms with Crippen LogP contribution in [0.5, 0.6) is 0 Å². The lowest BCUT2D eigenvalue weighted by atomic mass is 9.80. The summed E-state index contributed by atoms with van der Waals surface area (Å²) in [7, 11) is -8.23. The Hall–Kier alpha value is -2.12. The maximum atomic E-state index is 15.1. The van der Waals surface area contributed by atoms with Crippen LogP contribution in [0.4, 0.5) is 8.78 Å². The van der Waals surface area contributed by atoms with E-state index in [1.165, 1.54) is 28.6 Å². The molecule has 1 heterocycles. The molecule has 1 aliphatic carbocycles. The average molecular weight is 619 g/mol. The number of benzene rings is 2. The molecule has 0 spiro atoms. The van der Waals surface area contributed by atoms with E-state index in [0.29, 0.717) is 11.4 Å². The van der Waals surface area contributed by atoms with Crippen molar-refractivity contribution >= 4 is 37.6 Å². The fourth-order valence-corrected chi connectivity index (χ4v) is 9.00. The van der Waals surface area contributed by atoms with Crippen molar-refractivity contribution in [1.29, 1.82) is 0 Å². The summed E-state index contributed by atoms with van der Waals surface area (Å²) < 4.78 is 91.0. The Labute approximate surface area is 239 Å². The van der Waals surface area contributed by atoms with Gasteiger partial charge in [0.05, 0.1) is 16.9 Å². The molecule has 2 fully saturated rings. The smallest absolute Gasteiger partial charge is 0.311 e. The van der Waals surface area contributed by atoms with E-state index < -0.39 is 60.0 Å². The standard InChI is InChI=1S/C27H33ClF2N2O6S2/c1-26(2,3)25(33)38-21-12-15-32(17-21)40(36,37)31-20-10-13-27(14-11-20,23-16-19(29)6-9-24(23)30)39(34,35)22-7-4-18(28)5-8-22/h4-9,16,20-21,31H,10-15,17H2,1-3H3/t20?,21-,27?/m1/s1. The molecule has 2 aliphatic rings. The van der Waals surface area contributed by atoms with Crippen molar-refractivity contribution < 1.29 is 35.1 Å². The van der Waals surface area contributed by atoms with E-state index in [0.717, 1.165) is 18.2 Å². The molecule has 0 radical (unpaired) electrons. The number of carbonyl (C=O) groups is 1. The predicted octanol–water partition coefficient (Wildman–Crippen LogP) is 4.73. The number of esters is 1. The number of nitrogens with zero attached hydrogens (tertiary/aromatic N) is 1. The third-order valence-corrected chi connectivity index (χ3v) is 11.9. The molecule has 13 heteroatoms. The summed E-state index contributed by atoms with van der Waals surface area (Å²) in [6.45, 7) is 5.31. The second kappa shape index (κ2) is 11.3. The number of hydrogen-bond donors (Lipinski definition) is 1. The molecule has 0 bridgehead atoms. The highest BCUT2D eigenvalue weighted by molar-refractivity contribution is 7.92. The van der Waals surface area contributed by atoms with Crippen molar-refractivity contribution in [1.82, 2.24) is 9.03 Å². The van der Waals surface area contributed by atoms with Crippen LogP contribution in [-0.2, 0) is 34.3 Å². The van der Waals surface area contributed by atoms with Crippen molar-refractivity contribution in [3.05, 3.63) is 64.7 Å². The Morgan fingerprint density at radius 3 is 2.25 bits per heavy atom. The minimum absolute atomic E-state index is 0.00720. The van der Waals surface area contributed by atoms with Crippen LogP contribution in [0.25, 0.3) is 0 Å². The topological polar surface area (TPSA) is 110 Å². The Morgan fingerprint density at radius 1 is 1.02 bits per heavy atom. The molecule has 0 unspecified atom stereocenters. The number of carbonyl (C=O) groups excluding carboxylic acids is 1. The molecule has 0 aromatic heterocycles. The molecule has 1 N–H and O–H groups in total. The van der Waals surface area contributed by atoms with Crippen molar-refractivity contribution in [3.8, 4) is 0 Å². The molecular weight excluding hydrogens is 586 g/mol. The van der Waals surface area contributed by atoms with Crippen LogP contribution >= 0.6 is 11.6 Å². The highest BCUT2D eigenvalue weighted by Crippen LogP contribution is 2.48. The Kier molecular flexibility index (Phi) is 8.69. The van der Waals surface area contributed by atoms with Gasteiger partial charge in [0.25, 0.3) is 10.2 Å².